The van der Waals surface area contributed by atoms with Crippen molar-refractivity contribution in [3.63, 3.8) is 0 Å². The molecule has 0 aromatic heterocycles. The van der Waals surface area contributed by atoms with Crippen molar-refractivity contribution in [2.45, 2.75) is 12.5 Å². The zero-order valence-electron chi connectivity index (χ0n) is 15.5. The summed E-state index contributed by atoms with van der Waals surface area (Å²) in [6, 6.07) is 16.0. The molecular weight excluding hydrogens is 330 g/mol. The Kier molecular flexibility index (Phi) is 5.78. The van der Waals surface area contributed by atoms with Gasteiger partial charge in [-0.25, -0.2) is 0 Å². The largest absolute Gasteiger partial charge is 0.497 e. The van der Waals surface area contributed by atoms with Crippen molar-refractivity contribution < 1.29 is 19.0 Å². The second-order valence-electron chi connectivity index (χ2n) is 6.52. The Morgan fingerprint density at radius 2 is 1.81 bits per heavy atom. The van der Waals surface area contributed by atoms with Crippen LogP contribution in [-0.2, 0) is 16.1 Å². The lowest BCUT2D eigenvalue weighted by molar-refractivity contribution is -0.145. The van der Waals surface area contributed by atoms with E-state index in [0.29, 0.717) is 6.54 Å². The molecule has 0 radical (unpaired) electrons. The quantitative estimate of drug-likeness (QED) is 0.745. The lowest BCUT2D eigenvalue weighted by Crippen LogP contribution is -2.24. The molecule has 3 rings (SSSR count). The third-order valence-corrected chi connectivity index (χ3v) is 4.98. The number of methoxy groups -OCH3 is 3. The molecular formula is C21H25NO4. The Bertz CT molecular complexity index is 747. The summed E-state index contributed by atoms with van der Waals surface area (Å²) in [6.07, 6.45) is 0. The minimum atomic E-state index is -0.232. The fourth-order valence-corrected chi connectivity index (χ4v) is 3.69. The SMILES string of the molecule is COC(=O)[C@@H]1CN(Cc2ccccc2)C[C@H]1c1cc(OC)ccc1OC. The van der Waals surface area contributed by atoms with Crippen molar-refractivity contribution in [2.24, 2.45) is 5.92 Å². The third kappa shape index (κ3) is 3.83. The topological polar surface area (TPSA) is 48.0 Å². The van der Waals surface area contributed by atoms with Gasteiger partial charge < -0.3 is 14.2 Å². The maximum absolute atomic E-state index is 12.4. The molecule has 5 heteroatoms. The lowest BCUT2D eigenvalue weighted by atomic mass is 9.88. The van der Waals surface area contributed by atoms with E-state index in [9.17, 15) is 4.79 Å². The molecule has 1 aliphatic rings. The summed E-state index contributed by atoms with van der Waals surface area (Å²) in [4.78, 5) is 14.7. The number of carbonyl (C=O) groups excluding carboxylic acids is 1. The van der Waals surface area contributed by atoms with Gasteiger partial charge in [0.1, 0.15) is 11.5 Å². The summed E-state index contributed by atoms with van der Waals surface area (Å²) in [6.45, 7) is 2.22. The number of esters is 1. The molecule has 0 bridgehead atoms. The van der Waals surface area contributed by atoms with Gasteiger partial charge in [0.05, 0.1) is 27.2 Å². The highest BCUT2D eigenvalue weighted by Crippen LogP contribution is 2.40. The Hall–Kier alpha value is -2.53. The van der Waals surface area contributed by atoms with Gasteiger partial charge in [-0.15, -0.1) is 0 Å². The highest BCUT2D eigenvalue weighted by molar-refractivity contribution is 5.75. The molecule has 0 saturated carbocycles. The Labute approximate surface area is 154 Å². The van der Waals surface area contributed by atoms with E-state index in [-0.39, 0.29) is 17.8 Å². The van der Waals surface area contributed by atoms with Crippen LogP contribution in [0.15, 0.2) is 48.5 Å². The van der Waals surface area contributed by atoms with Crippen LogP contribution in [0.3, 0.4) is 0 Å². The van der Waals surface area contributed by atoms with Crippen molar-refractivity contribution in [3.8, 4) is 11.5 Å². The molecule has 2 atom stereocenters. The van der Waals surface area contributed by atoms with Crippen LogP contribution in [0.25, 0.3) is 0 Å². The maximum atomic E-state index is 12.4. The second kappa shape index (κ2) is 8.23. The number of hydrogen-bond donors (Lipinski definition) is 0. The third-order valence-electron chi connectivity index (χ3n) is 4.98. The van der Waals surface area contributed by atoms with Crippen LogP contribution in [0.1, 0.15) is 17.0 Å². The summed E-state index contributed by atoms with van der Waals surface area (Å²) in [5, 5.41) is 0. The van der Waals surface area contributed by atoms with Gasteiger partial charge >= 0.3 is 5.97 Å². The van der Waals surface area contributed by atoms with Crippen molar-refractivity contribution in [1.82, 2.24) is 4.90 Å². The predicted molar refractivity (Wildman–Crippen MR) is 99.5 cm³/mol. The number of likely N-dealkylation sites (tertiary alicyclic amines) is 1. The molecule has 5 nitrogen and oxygen atoms in total. The molecule has 0 unspecified atom stereocenters. The zero-order valence-corrected chi connectivity index (χ0v) is 15.5. The first-order valence-corrected chi connectivity index (χ1v) is 8.72. The Morgan fingerprint density at radius 1 is 1.04 bits per heavy atom. The molecule has 26 heavy (non-hydrogen) atoms. The number of carbonyl (C=O) groups is 1. The number of nitrogens with zero attached hydrogens (tertiary/aromatic N) is 1. The van der Waals surface area contributed by atoms with Gasteiger partial charge in [0.25, 0.3) is 0 Å². The molecule has 2 aromatic carbocycles. The van der Waals surface area contributed by atoms with Gasteiger partial charge in [-0.2, -0.15) is 0 Å². The average molecular weight is 355 g/mol. The molecule has 0 spiro atoms. The summed E-state index contributed by atoms with van der Waals surface area (Å²) < 4.78 is 16.0. The van der Waals surface area contributed by atoms with E-state index in [1.807, 2.05) is 36.4 Å². The predicted octanol–water partition coefficient (Wildman–Crippen LogP) is 3.09. The summed E-state index contributed by atoms with van der Waals surface area (Å²) >= 11 is 0. The van der Waals surface area contributed by atoms with E-state index in [4.69, 9.17) is 14.2 Å². The summed E-state index contributed by atoms with van der Waals surface area (Å²) in [5.41, 5.74) is 2.21. The average Bonchev–Trinajstić information content (AvgIpc) is 3.11. The van der Waals surface area contributed by atoms with Crippen LogP contribution < -0.4 is 9.47 Å². The van der Waals surface area contributed by atoms with Gasteiger partial charge in [-0.05, 0) is 23.8 Å². The van der Waals surface area contributed by atoms with E-state index in [0.717, 1.165) is 30.2 Å². The fraction of sp³-hybridized carbons (Fsp3) is 0.381. The molecule has 1 fully saturated rings. The van der Waals surface area contributed by atoms with Crippen molar-refractivity contribution in [3.05, 3.63) is 59.7 Å². The molecule has 1 aliphatic heterocycles. The Balaban J connectivity index is 1.89. The molecule has 1 heterocycles. The standard InChI is InChI=1S/C21H25NO4/c1-24-16-9-10-20(25-2)17(11-16)18-13-22(14-19(18)21(23)26-3)12-15-7-5-4-6-8-15/h4-11,18-19H,12-14H2,1-3H3/t18-,19+/m0/s1. The number of hydrogen-bond acceptors (Lipinski definition) is 5. The van der Waals surface area contributed by atoms with Gasteiger partial charge in [0.2, 0.25) is 0 Å². The zero-order chi connectivity index (χ0) is 18.5. The molecule has 138 valence electrons. The van der Waals surface area contributed by atoms with Crippen molar-refractivity contribution in [1.29, 1.82) is 0 Å². The van der Waals surface area contributed by atoms with Gasteiger partial charge in [-0.1, -0.05) is 30.3 Å². The maximum Gasteiger partial charge on any atom is 0.310 e. The minimum absolute atomic E-state index is 0.00351. The first-order chi connectivity index (χ1) is 12.7. The second-order valence-corrected chi connectivity index (χ2v) is 6.52. The fourth-order valence-electron chi connectivity index (χ4n) is 3.69. The smallest absolute Gasteiger partial charge is 0.310 e. The molecule has 0 amide bonds. The first-order valence-electron chi connectivity index (χ1n) is 8.72. The number of benzene rings is 2. The van der Waals surface area contributed by atoms with Crippen LogP contribution in [-0.4, -0.2) is 45.3 Å². The highest BCUT2D eigenvalue weighted by Gasteiger charge is 2.40. The molecule has 0 N–H and O–H groups in total. The monoisotopic (exact) mass is 355 g/mol. The highest BCUT2D eigenvalue weighted by atomic mass is 16.5. The summed E-state index contributed by atoms with van der Waals surface area (Å²) in [5.74, 6) is 1.11. The van der Waals surface area contributed by atoms with E-state index < -0.39 is 0 Å². The molecule has 0 aliphatic carbocycles. The van der Waals surface area contributed by atoms with Gasteiger partial charge in [0, 0.05) is 31.1 Å². The van der Waals surface area contributed by atoms with E-state index >= 15 is 0 Å². The minimum Gasteiger partial charge on any atom is -0.497 e. The van der Waals surface area contributed by atoms with Gasteiger partial charge in [-0.3, -0.25) is 9.69 Å². The van der Waals surface area contributed by atoms with Crippen molar-refractivity contribution >= 4 is 5.97 Å². The molecule has 2 aromatic rings. The van der Waals surface area contributed by atoms with Gasteiger partial charge in [0.15, 0.2) is 0 Å². The molecule has 1 saturated heterocycles. The van der Waals surface area contributed by atoms with E-state index in [1.54, 1.807) is 14.2 Å². The van der Waals surface area contributed by atoms with Crippen LogP contribution in [0.4, 0.5) is 0 Å². The normalized spacial score (nSPS) is 20.0. The number of rotatable bonds is 6. The van der Waals surface area contributed by atoms with Crippen LogP contribution in [0.2, 0.25) is 0 Å². The van der Waals surface area contributed by atoms with Crippen molar-refractivity contribution in [2.75, 3.05) is 34.4 Å². The first kappa shape index (κ1) is 18.3. The van der Waals surface area contributed by atoms with E-state index in [1.165, 1.54) is 12.7 Å². The lowest BCUT2D eigenvalue weighted by Gasteiger charge is -2.20. The van der Waals surface area contributed by atoms with Crippen LogP contribution >= 0.6 is 0 Å². The van der Waals surface area contributed by atoms with Crippen LogP contribution in [0, 0.1) is 5.92 Å². The Morgan fingerprint density at radius 3 is 2.46 bits per heavy atom. The van der Waals surface area contributed by atoms with E-state index in [2.05, 4.69) is 17.0 Å². The van der Waals surface area contributed by atoms with Crippen LogP contribution in [0.5, 0.6) is 11.5 Å². The number of ether oxygens (including phenoxy) is 3. The summed E-state index contributed by atoms with van der Waals surface area (Å²) in [7, 11) is 4.73.